The van der Waals surface area contributed by atoms with Crippen molar-refractivity contribution in [3.8, 4) is 0 Å². The van der Waals surface area contributed by atoms with Gasteiger partial charge in [-0.2, -0.15) is 0 Å². The van der Waals surface area contributed by atoms with Gasteiger partial charge in [0.25, 0.3) is 0 Å². The normalized spacial score (nSPS) is 25.2. The van der Waals surface area contributed by atoms with Gasteiger partial charge in [-0.3, -0.25) is 0 Å². The van der Waals surface area contributed by atoms with E-state index in [9.17, 15) is 4.79 Å². The zero-order valence-corrected chi connectivity index (χ0v) is 15.1. The lowest BCUT2D eigenvalue weighted by Crippen LogP contribution is -2.14. The number of rotatable bonds is 6. The average molecular weight is 335 g/mol. The molecule has 0 saturated heterocycles. The molecule has 136 valence electrons. The van der Waals surface area contributed by atoms with E-state index in [-0.39, 0.29) is 0 Å². The molecule has 0 fully saturated rings. The van der Waals surface area contributed by atoms with Crippen molar-refractivity contribution in [2.24, 2.45) is 11.8 Å². The van der Waals surface area contributed by atoms with Gasteiger partial charge in [-0.15, -0.1) is 0 Å². The third kappa shape index (κ3) is 8.56. The Labute approximate surface area is 147 Å². The molecule has 2 unspecified atom stereocenters. The van der Waals surface area contributed by atoms with Crippen LogP contribution in [0.1, 0.15) is 77.0 Å². The van der Waals surface area contributed by atoms with Crippen LogP contribution in [0.2, 0.25) is 0 Å². The van der Waals surface area contributed by atoms with Gasteiger partial charge >= 0.3 is 6.16 Å². The lowest BCUT2D eigenvalue weighted by Gasteiger charge is -2.18. The Morgan fingerprint density at radius 1 is 0.708 bits per heavy atom. The molecule has 0 saturated carbocycles. The predicted molar refractivity (Wildman–Crippen MR) is 98.0 cm³/mol. The largest absolute Gasteiger partial charge is 0.508 e. The van der Waals surface area contributed by atoms with E-state index in [0.29, 0.717) is 25.0 Å². The highest BCUT2D eigenvalue weighted by Crippen LogP contribution is 2.23. The average Bonchev–Trinajstić information content (AvgIpc) is 2.51. The summed E-state index contributed by atoms with van der Waals surface area (Å²) in [5.41, 5.74) is 0. The number of carbonyl (C=O) groups excluding carboxylic acids is 1. The fraction of sp³-hybridized carbons (Fsp3) is 0.762. The molecule has 0 aromatic heterocycles. The first-order valence-corrected chi connectivity index (χ1v) is 9.94. The molecule has 2 atom stereocenters. The second-order valence-electron chi connectivity index (χ2n) is 7.22. The molecule has 3 nitrogen and oxygen atoms in total. The molecule has 2 rings (SSSR count). The van der Waals surface area contributed by atoms with Crippen LogP contribution in [0.15, 0.2) is 24.3 Å². The SMILES string of the molecule is O=C(OCCC1CCC=CCCC1)OCCC1CCC=CCCC1. The molecule has 0 aromatic rings. The number of ether oxygens (including phenoxy) is 2. The standard InChI is InChI=1S/C21H34O3/c22-21(23-17-15-19-11-7-3-1-4-8-12-19)24-18-16-20-13-9-5-2-6-10-14-20/h1-3,5,19-20H,4,6-18H2. The van der Waals surface area contributed by atoms with Gasteiger partial charge in [-0.05, 0) is 76.0 Å². The first-order valence-electron chi connectivity index (χ1n) is 9.94. The van der Waals surface area contributed by atoms with Crippen molar-refractivity contribution < 1.29 is 14.3 Å². The Kier molecular flexibility index (Phi) is 9.67. The molecule has 0 heterocycles. The zero-order chi connectivity index (χ0) is 16.9. The molecule has 0 bridgehead atoms. The van der Waals surface area contributed by atoms with Gasteiger partial charge < -0.3 is 9.47 Å². The topological polar surface area (TPSA) is 35.5 Å². The Morgan fingerprint density at radius 2 is 1.17 bits per heavy atom. The molecule has 0 spiro atoms. The highest BCUT2D eigenvalue weighted by molar-refractivity contribution is 5.59. The molecule has 0 aromatic carbocycles. The second kappa shape index (κ2) is 12.2. The molecule has 0 amide bonds. The third-order valence-electron chi connectivity index (χ3n) is 5.27. The Balaban J connectivity index is 1.51. The molecular weight excluding hydrogens is 300 g/mol. The highest BCUT2D eigenvalue weighted by Gasteiger charge is 2.13. The summed E-state index contributed by atoms with van der Waals surface area (Å²) in [6, 6.07) is 0. The van der Waals surface area contributed by atoms with Crippen LogP contribution in [0.25, 0.3) is 0 Å². The Morgan fingerprint density at radius 3 is 1.67 bits per heavy atom. The Bertz CT molecular complexity index is 364. The van der Waals surface area contributed by atoms with E-state index in [4.69, 9.17) is 9.47 Å². The molecular formula is C21H34O3. The summed E-state index contributed by atoms with van der Waals surface area (Å²) in [4.78, 5) is 11.7. The van der Waals surface area contributed by atoms with Crippen molar-refractivity contribution in [3.05, 3.63) is 24.3 Å². The maximum Gasteiger partial charge on any atom is 0.508 e. The fourth-order valence-electron chi connectivity index (χ4n) is 3.71. The monoisotopic (exact) mass is 334 g/mol. The summed E-state index contributed by atoms with van der Waals surface area (Å²) in [5.74, 6) is 1.37. The van der Waals surface area contributed by atoms with E-state index in [1.165, 1.54) is 51.4 Å². The van der Waals surface area contributed by atoms with E-state index in [0.717, 1.165) is 25.7 Å². The summed E-state index contributed by atoms with van der Waals surface area (Å²) >= 11 is 0. The van der Waals surface area contributed by atoms with Crippen LogP contribution in [0, 0.1) is 11.8 Å². The smallest absolute Gasteiger partial charge is 0.434 e. The van der Waals surface area contributed by atoms with Crippen LogP contribution < -0.4 is 0 Å². The number of hydrogen-bond acceptors (Lipinski definition) is 3. The minimum Gasteiger partial charge on any atom is -0.434 e. The van der Waals surface area contributed by atoms with Gasteiger partial charge in [0.2, 0.25) is 0 Å². The van der Waals surface area contributed by atoms with Crippen LogP contribution in [0.4, 0.5) is 4.79 Å². The summed E-state index contributed by atoms with van der Waals surface area (Å²) in [6.45, 7) is 1.00. The fourth-order valence-corrected chi connectivity index (χ4v) is 3.71. The van der Waals surface area contributed by atoms with Crippen molar-refractivity contribution in [1.29, 1.82) is 0 Å². The first kappa shape index (κ1) is 19.1. The quantitative estimate of drug-likeness (QED) is 0.429. The van der Waals surface area contributed by atoms with E-state index in [1.807, 2.05) is 0 Å². The van der Waals surface area contributed by atoms with Gasteiger partial charge in [0, 0.05) is 0 Å². The van der Waals surface area contributed by atoms with Crippen molar-refractivity contribution >= 4 is 6.16 Å². The van der Waals surface area contributed by atoms with Crippen LogP contribution in [0.3, 0.4) is 0 Å². The minimum absolute atomic E-state index is 0.480. The van der Waals surface area contributed by atoms with E-state index >= 15 is 0 Å². The van der Waals surface area contributed by atoms with Gasteiger partial charge in [0.05, 0.1) is 13.2 Å². The van der Waals surface area contributed by atoms with Crippen molar-refractivity contribution in [2.45, 2.75) is 77.0 Å². The lowest BCUT2D eigenvalue weighted by molar-refractivity contribution is 0.0466. The lowest BCUT2D eigenvalue weighted by atomic mass is 9.92. The van der Waals surface area contributed by atoms with Crippen molar-refractivity contribution in [2.75, 3.05) is 13.2 Å². The van der Waals surface area contributed by atoms with Crippen LogP contribution in [0.5, 0.6) is 0 Å². The maximum absolute atomic E-state index is 11.7. The summed E-state index contributed by atoms with van der Waals surface area (Å²) < 4.78 is 10.5. The van der Waals surface area contributed by atoms with Gasteiger partial charge in [0.15, 0.2) is 0 Å². The minimum atomic E-state index is -0.480. The number of carbonyl (C=O) groups is 1. The Hall–Kier alpha value is -1.25. The van der Waals surface area contributed by atoms with Gasteiger partial charge in [-0.1, -0.05) is 37.1 Å². The molecule has 2 aliphatic rings. The van der Waals surface area contributed by atoms with Crippen LogP contribution in [-0.4, -0.2) is 19.4 Å². The van der Waals surface area contributed by atoms with E-state index < -0.39 is 6.16 Å². The molecule has 2 aliphatic carbocycles. The third-order valence-corrected chi connectivity index (χ3v) is 5.27. The molecule has 3 heteroatoms. The second-order valence-corrected chi connectivity index (χ2v) is 7.22. The number of allylic oxidation sites excluding steroid dienone is 4. The summed E-state index contributed by atoms with van der Waals surface area (Å²) in [6.07, 6.45) is 22.7. The van der Waals surface area contributed by atoms with Crippen molar-refractivity contribution in [3.63, 3.8) is 0 Å². The first-order chi connectivity index (χ1) is 11.8. The summed E-state index contributed by atoms with van der Waals surface area (Å²) in [5, 5.41) is 0. The molecule has 0 aliphatic heterocycles. The molecule has 0 radical (unpaired) electrons. The zero-order valence-electron chi connectivity index (χ0n) is 15.1. The molecule has 24 heavy (non-hydrogen) atoms. The van der Waals surface area contributed by atoms with Crippen LogP contribution in [-0.2, 0) is 9.47 Å². The summed E-state index contributed by atoms with van der Waals surface area (Å²) in [7, 11) is 0. The van der Waals surface area contributed by atoms with Crippen LogP contribution >= 0.6 is 0 Å². The molecule has 0 N–H and O–H groups in total. The van der Waals surface area contributed by atoms with E-state index in [1.54, 1.807) is 0 Å². The van der Waals surface area contributed by atoms with Crippen molar-refractivity contribution in [1.82, 2.24) is 0 Å². The van der Waals surface area contributed by atoms with Gasteiger partial charge in [-0.25, -0.2) is 4.79 Å². The predicted octanol–water partition coefficient (Wildman–Crippen LogP) is 6.19. The van der Waals surface area contributed by atoms with E-state index in [2.05, 4.69) is 24.3 Å². The number of hydrogen-bond donors (Lipinski definition) is 0. The van der Waals surface area contributed by atoms with Gasteiger partial charge in [0.1, 0.15) is 0 Å². The maximum atomic E-state index is 11.7. The highest BCUT2D eigenvalue weighted by atomic mass is 16.7.